The molecule has 0 aliphatic heterocycles. The molecule has 9 heteroatoms. The number of imidazole rings is 1. The van der Waals surface area contributed by atoms with E-state index in [0.29, 0.717) is 68.7 Å². The van der Waals surface area contributed by atoms with E-state index in [9.17, 15) is 14.7 Å². The van der Waals surface area contributed by atoms with Crippen molar-refractivity contribution in [1.29, 1.82) is 0 Å². The second-order valence-electron chi connectivity index (χ2n) is 9.51. The van der Waals surface area contributed by atoms with Crippen molar-refractivity contribution in [3.05, 3.63) is 91.9 Å². The first-order valence-corrected chi connectivity index (χ1v) is 13.4. The molecule has 0 spiro atoms. The molecular weight excluding hydrogens is 480 g/mol. The Bertz CT molecular complexity index is 1480. The summed E-state index contributed by atoms with van der Waals surface area (Å²) in [5, 5.41) is 12.6. The van der Waals surface area contributed by atoms with E-state index in [0.717, 1.165) is 29.1 Å². The van der Waals surface area contributed by atoms with Gasteiger partial charge in [0.2, 0.25) is 0 Å². The van der Waals surface area contributed by atoms with Crippen LogP contribution >= 0.6 is 0 Å². The average Bonchev–Trinajstić information content (AvgIpc) is 3.26. The Labute approximate surface area is 222 Å². The number of fused-ring (bicyclic) bond motifs is 1. The summed E-state index contributed by atoms with van der Waals surface area (Å²) in [6.45, 7) is 6.88. The zero-order chi connectivity index (χ0) is 27.1. The highest BCUT2D eigenvalue weighted by Crippen LogP contribution is 2.18. The number of nitrogens with zero attached hydrogens (tertiary/aromatic N) is 4. The molecule has 4 N–H and O–H groups in total. The first-order valence-electron chi connectivity index (χ1n) is 13.4. The number of aromatic nitrogens is 4. The van der Waals surface area contributed by atoms with Crippen molar-refractivity contribution >= 4 is 16.9 Å². The van der Waals surface area contributed by atoms with Gasteiger partial charge in [0.15, 0.2) is 11.2 Å². The molecule has 0 bridgehead atoms. The van der Waals surface area contributed by atoms with Crippen LogP contribution in [0.5, 0.6) is 0 Å². The Morgan fingerprint density at radius 1 is 0.895 bits per heavy atom. The van der Waals surface area contributed by atoms with Crippen molar-refractivity contribution in [2.45, 2.75) is 59.2 Å². The molecule has 0 saturated heterocycles. The van der Waals surface area contributed by atoms with E-state index in [1.807, 2.05) is 66.9 Å². The van der Waals surface area contributed by atoms with Crippen LogP contribution in [0.15, 0.2) is 58.1 Å². The normalized spacial score (nSPS) is 11.4. The SMILES string of the molecule is CCCn1c(=O)c2c(nc(Cc3ccc(CCO)cc3)n2CCNCC)n(CCc2ccccc2N)c1=O. The highest BCUT2D eigenvalue weighted by Gasteiger charge is 2.21. The summed E-state index contributed by atoms with van der Waals surface area (Å²) in [5.74, 6) is 0.742. The molecule has 0 fully saturated rings. The second-order valence-corrected chi connectivity index (χ2v) is 9.51. The number of nitrogen functional groups attached to an aromatic ring is 1. The number of hydrogen-bond donors (Lipinski definition) is 3. The quantitative estimate of drug-likeness (QED) is 0.185. The molecule has 0 radical (unpaired) electrons. The van der Waals surface area contributed by atoms with Crippen LogP contribution in [0.4, 0.5) is 5.69 Å². The summed E-state index contributed by atoms with van der Waals surface area (Å²) in [4.78, 5) is 32.1. The summed E-state index contributed by atoms with van der Waals surface area (Å²) >= 11 is 0. The largest absolute Gasteiger partial charge is 0.399 e. The number of aliphatic hydroxyl groups is 1. The fraction of sp³-hybridized carbons (Fsp3) is 0.414. The maximum absolute atomic E-state index is 13.7. The molecular formula is C29H38N6O3. The third-order valence-electron chi connectivity index (χ3n) is 6.85. The van der Waals surface area contributed by atoms with Crippen LogP contribution in [-0.4, -0.2) is 43.5 Å². The van der Waals surface area contributed by atoms with E-state index in [-0.39, 0.29) is 17.9 Å². The van der Waals surface area contributed by atoms with Crippen molar-refractivity contribution in [3.63, 3.8) is 0 Å². The molecule has 9 nitrogen and oxygen atoms in total. The molecule has 0 aliphatic rings. The number of anilines is 1. The minimum atomic E-state index is -0.338. The van der Waals surface area contributed by atoms with Gasteiger partial charge in [0.1, 0.15) is 5.82 Å². The molecule has 202 valence electrons. The van der Waals surface area contributed by atoms with E-state index in [4.69, 9.17) is 10.7 Å². The topological polar surface area (TPSA) is 120 Å². The maximum Gasteiger partial charge on any atom is 0.332 e. The zero-order valence-electron chi connectivity index (χ0n) is 22.3. The van der Waals surface area contributed by atoms with Gasteiger partial charge >= 0.3 is 5.69 Å². The minimum Gasteiger partial charge on any atom is -0.399 e. The summed E-state index contributed by atoms with van der Waals surface area (Å²) in [7, 11) is 0. The Morgan fingerprint density at radius 2 is 1.63 bits per heavy atom. The van der Waals surface area contributed by atoms with Crippen LogP contribution in [0.1, 0.15) is 42.8 Å². The van der Waals surface area contributed by atoms with E-state index < -0.39 is 0 Å². The minimum absolute atomic E-state index is 0.107. The first kappa shape index (κ1) is 27.3. The van der Waals surface area contributed by atoms with E-state index >= 15 is 0 Å². The zero-order valence-corrected chi connectivity index (χ0v) is 22.3. The number of para-hydroxylation sites is 1. The summed E-state index contributed by atoms with van der Waals surface area (Å²) < 4.78 is 4.95. The summed E-state index contributed by atoms with van der Waals surface area (Å²) in [6, 6.07) is 15.7. The number of rotatable bonds is 13. The molecule has 0 unspecified atom stereocenters. The molecule has 2 aromatic heterocycles. The first-order chi connectivity index (χ1) is 18.5. The molecule has 0 atom stereocenters. The summed E-state index contributed by atoms with van der Waals surface area (Å²) in [5.41, 5.74) is 10.2. The molecule has 2 aromatic carbocycles. The smallest absolute Gasteiger partial charge is 0.332 e. The molecule has 38 heavy (non-hydrogen) atoms. The van der Waals surface area contributed by atoms with Crippen LogP contribution in [0.25, 0.3) is 11.2 Å². The lowest BCUT2D eigenvalue weighted by Gasteiger charge is -2.13. The Hall–Kier alpha value is -3.69. The van der Waals surface area contributed by atoms with Crippen molar-refractivity contribution in [1.82, 2.24) is 24.0 Å². The highest BCUT2D eigenvalue weighted by molar-refractivity contribution is 5.71. The van der Waals surface area contributed by atoms with Crippen molar-refractivity contribution < 1.29 is 5.11 Å². The van der Waals surface area contributed by atoms with Crippen LogP contribution in [-0.2, 0) is 38.9 Å². The van der Waals surface area contributed by atoms with Crippen LogP contribution in [0, 0.1) is 0 Å². The maximum atomic E-state index is 13.7. The van der Waals surface area contributed by atoms with Gasteiger partial charge in [-0.1, -0.05) is 56.3 Å². The lowest BCUT2D eigenvalue weighted by atomic mass is 10.1. The predicted molar refractivity (Wildman–Crippen MR) is 152 cm³/mol. The van der Waals surface area contributed by atoms with Gasteiger partial charge in [-0.15, -0.1) is 0 Å². The average molecular weight is 519 g/mol. The van der Waals surface area contributed by atoms with Crippen LogP contribution < -0.4 is 22.3 Å². The molecule has 4 aromatic rings. The van der Waals surface area contributed by atoms with Gasteiger partial charge in [-0.3, -0.25) is 13.9 Å². The monoisotopic (exact) mass is 518 g/mol. The molecule has 0 aliphatic carbocycles. The number of likely N-dealkylation sites (N-methyl/N-ethyl adjacent to an activating group) is 1. The number of nitrogens with one attached hydrogen (secondary N) is 1. The lowest BCUT2D eigenvalue weighted by Crippen LogP contribution is -2.41. The number of aliphatic hydroxyl groups excluding tert-OH is 1. The van der Waals surface area contributed by atoms with Gasteiger partial charge < -0.3 is 20.7 Å². The van der Waals surface area contributed by atoms with Gasteiger partial charge in [0, 0.05) is 44.9 Å². The highest BCUT2D eigenvalue weighted by atomic mass is 16.3. The summed E-state index contributed by atoms with van der Waals surface area (Å²) in [6.07, 6.45) is 2.35. The van der Waals surface area contributed by atoms with Crippen molar-refractivity contribution in [2.24, 2.45) is 0 Å². The lowest BCUT2D eigenvalue weighted by molar-refractivity contribution is 0.299. The number of aryl methyl sites for hydroxylation is 2. The van der Waals surface area contributed by atoms with Crippen molar-refractivity contribution in [2.75, 3.05) is 25.4 Å². The van der Waals surface area contributed by atoms with Gasteiger partial charge in [0.25, 0.3) is 5.56 Å². The Morgan fingerprint density at radius 3 is 2.32 bits per heavy atom. The molecule has 4 rings (SSSR count). The Kier molecular flexibility index (Phi) is 9.15. The van der Waals surface area contributed by atoms with E-state index in [2.05, 4.69) is 5.32 Å². The standard InChI is InChI=1S/C29H38N6O3/c1-3-16-35-28(37)26-27(34(29(35)38)17-13-23-7-5-6-8-24(23)30)32-25(33(26)18-15-31-4-2)20-22-11-9-21(10-12-22)14-19-36/h5-12,31,36H,3-4,13-20,30H2,1-2H3. The van der Waals surface area contributed by atoms with Crippen molar-refractivity contribution in [3.8, 4) is 0 Å². The second kappa shape index (κ2) is 12.7. The fourth-order valence-electron chi connectivity index (χ4n) is 4.83. The molecule has 0 saturated carbocycles. The predicted octanol–water partition coefficient (Wildman–Crippen LogP) is 2.33. The number of hydrogen-bond acceptors (Lipinski definition) is 6. The fourth-order valence-corrected chi connectivity index (χ4v) is 4.83. The third-order valence-corrected chi connectivity index (χ3v) is 6.85. The Balaban J connectivity index is 1.84. The van der Waals surface area contributed by atoms with E-state index in [1.54, 1.807) is 4.57 Å². The van der Waals surface area contributed by atoms with E-state index in [1.165, 1.54) is 4.57 Å². The molecule has 0 amide bonds. The molecule has 2 heterocycles. The van der Waals surface area contributed by atoms with Gasteiger partial charge in [0.05, 0.1) is 0 Å². The number of nitrogens with two attached hydrogens (primary N) is 1. The van der Waals surface area contributed by atoms with Crippen LogP contribution in [0.3, 0.4) is 0 Å². The van der Waals surface area contributed by atoms with Gasteiger partial charge in [-0.2, -0.15) is 0 Å². The van der Waals surface area contributed by atoms with Crippen LogP contribution in [0.2, 0.25) is 0 Å². The van der Waals surface area contributed by atoms with Gasteiger partial charge in [-0.25, -0.2) is 9.78 Å². The number of benzene rings is 2. The van der Waals surface area contributed by atoms with Gasteiger partial charge in [-0.05, 0) is 48.6 Å². The third kappa shape index (κ3) is 5.89.